The molecule has 4 aromatic carbocycles. The summed E-state index contributed by atoms with van der Waals surface area (Å²) >= 11 is 3.63. The summed E-state index contributed by atoms with van der Waals surface area (Å²) in [7, 11) is 3.14. The molecule has 3 N–H and O–H groups in total. The number of nitrogens with zero attached hydrogens (tertiary/aromatic N) is 2. The van der Waals surface area contributed by atoms with Crippen molar-refractivity contribution in [3.05, 3.63) is 100 Å². The van der Waals surface area contributed by atoms with Gasteiger partial charge in [0.15, 0.2) is 5.78 Å². The van der Waals surface area contributed by atoms with Crippen LogP contribution in [0.1, 0.15) is 40.1 Å². The molecule has 0 bridgehead atoms. The van der Waals surface area contributed by atoms with Gasteiger partial charge in [-0.15, -0.1) is 0 Å². The number of hydrogen-bond acceptors (Lipinski definition) is 6. The Morgan fingerprint density at radius 1 is 0.955 bits per heavy atom. The number of para-hydroxylation sites is 2. The van der Waals surface area contributed by atoms with Gasteiger partial charge in [0, 0.05) is 27.7 Å². The van der Waals surface area contributed by atoms with E-state index < -0.39 is 17.4 Å². The van der Waals surface area contributed by atoms with Crippen molar-refractivity contribution in [1.29, 1.82) is 0 Å². The van der Waals surface area contributed by atoms with Gasteiger partial charge in [0.2, 0.25) is 11.8 Å². The first kappa shape index (κ1) is 30.9. The van der Waals surface area contributed by atoms with Gasteiger partial charge in [-0.3, -0.25) is 19.2 Å². The fourth-order valence-electron chi connectivity index (χ4n) is 5.72. The van der Waals surface area contributed by atoms with Crippen LogP contribution in [0.25, 0.3) is 10.8 Å². The van der Waals surface area contributed by atoms with Crippen LogP contribution in [0.2, 0.25) is 0 Å². The highest BCUT2D eigenvalue weighted by Crippen LogP contribution is 2.41. The van der Waals surface area contributed by atoms with Gasteiger partial charge < -0.3 is 25.6 Å². The molecule has 1 unspecified atom stereocenters. The molecule has 0 aromatic heterocycles. The molecule has 1 aliphatic heterocycles. The van der Waals surface area contributed by atoms with E-state index in [2.05, 4.69) is 21.2 Å². The number of ketones is 1. The van der Waals surface area contributed by atoms with Crippen molar-refractivity contribution < 1.29 is 23.9 Å². The second-order valence-electron chi connectivity index (χ2n) is 10.9. The van der Waals surface area contributed by atoms with Gasteiger partial charge in [-0.05, 0) is 74.1 Å². The number of methoxy groups -OCH3 is 1. The minimum atomic E-state index is -1.50. The molecule has 0 saturated carbocycles. The Morgan fingerprint density at radius 3 is 2.23 bits per heavy atom. The van der Waals surface area contributed by atoms with E-state index in [1.807, 2.05) is 30.3 Å². The molecule has 4 aromatic rings. The normalized spacial score (nSPS) is 16.2. The summed E-state index contributed by atoms with van der Waals surface area (Å²) in [5.74, 6) is -2.09. The molecule has 1 aliphatic rings. The van der Waals surface area contributed by atoms with E-state index in [-0.39, 0.29) is 30.7 Å². The molecule has 10 heteroatoms. The van der Waals surface area contributed by atoms with Crippen LogP contribution >= 0.6 is 15.9 Å². The molecule has 2 atom stereocenters. The smallest absolute Gasteiger partial charge is 0.258 e. The third-order valence-electron chi connectivity index (χ3n) is 8.52. The van der Waals surface area contributed by atoms with Gasteiger partial charge in [0.25, 0.3) is 5.91 Å². The number of anilines is 2. The lowest BCUT2D eigenvalue weighted by molar-refractivity contribution is -0.133. The van der Waals surface area contributed by atoms with E-state index in [0.717, 1.165) is 20.8 Å². The van der Waals surface area contributed by atoms with Crippen molar-refractivity contribution in [3.8, 4) is 5.75 Å². The molecule has 0 aliphatic carbocycles. The lowest BCUT2D eigenvalue weighted by Gasteiger charge is -2.36. The zero-order valence-corrected chi connectivity index (χ0v) is 26.5. The molecule has 0 spiro atoms. The first-order chi connectivity index (χ1) is 21.0. The second kappa shape index (κ2) is 12.2. The van der Waals surface area contributed by atoms with E-state index in [9.17, 15) is 19.2 Å². The van der Waals surface area contributed by atoms with Crippen LogP contribution in [-0.2, 0) is 16.1 Å². The summed E-state index contributed by atoms with van der Waals surface area (Å²) in [6, 6.07) is 23.1. The number of benzene rings is 4. The Balaban J connectivity index is 1.71. The topological polar surface area (TPSA) is 122 Å². The van der Waals surface area contributed by atoms with E-state index in [0.29, 0.717) is 28.3 Å². The van der Waals surface area contributed by atoms with Crippen LogP contribution < -0.4 is 25.6 Å². The largest absolute Gasteiger partial charge is 0.496 e. The number of halogens is 1. The van der Waals surface area contributed by atoms with E-state index in [1.54, 1.807) is 74.5 Å². The van der Waals surface area contributed by atoms with E-state index in [4.69, 9.17) is 10.5 Å². The highest BCUT2D eigenvalue weighted by Gasteiger charge is 2.49. The summed E-state index contributed by atoms with van der Waals surface area (Å²) in [6.45, 7) is 3.00. The van der Waals surface area contributed by atoms with E-state index in [1.165, 1.54) is 11.8 Å². The Morgan fingerprint density at radius 2 is 1.61 bits per heavy atom. The minimum Gasteiger partial charge on any atom is -0.496 e. The fraction of sp³-hybridized carbons (Fsp3) is 0.235. The highest BCUT2D eigenvalue weighted by molar-refractivity contribution is 9.10. The number of nitrogens with one attached hydrogen (secondary N) is 1. The second-order valence-corrected chi connectivity index (χ2v) is 11.8. The van der Waals surface area contributed by atoms with Crippen molar-refractivity contribution in [3.63, 3.8) is 0 Å². The van der Waals surface area contributed by atoms with Crippen molar-refractivity contribution in [2.45, 2.75) is 25.9 Å². The van der Waals surface area contributed by atoms with Gasteiger partial charge >= 0.3 is 0 Å². The number of rotatable bonds is 8. The zero-order valence-electron chi connectivity index (χ0n) is 24.9. The summed E-state index contributed by atoms with van der Waals surface area (Å²) in [5, 5.41) is 4.79. The molecule has 0 saturated heterocycles. The number of hydrogen-bond donors (Lipinski definition) is 2. The van der Waals surface area contributed by atoms with Crippen LogP contribution in [0.3, 0.4) is 0 Å². The molecule has 226 valence electrons. The maximum atomic E-state index is 14.7. The summed E-state index contributed by atoms with van der Waals surface area (Å²) in [4.78, 5) is 56.8. The summed E-state index contributed by atoms with van der Waals surface area (Å²) in [5.41, 5.74) is 6.96. The summed E-state index contributed by atoms with van der Waals surface area (Å²) in [6.07, 6.45) is 0. The molecule has 44 heavy (non-hydrogen) atoms. The standard InChI is InChI=1S/C34H33BrN4O5/c1-20(40)21-12-14-22(15-13-21)31(41)39-19-26(34(2,37-3)33(36)43)32(42)38(28-10-5-6-11-29(28)39)18-25-23-8-7-9-27(35)24(23)16-17-30(25)44-4/h5-17,26,37H,18-19H2,1-4H3,(H2,36,43)/t26-,34?/m1/s1. The van der Waals surface area contributed by atoms with Gasteiger partial charge in [0.1, 0.15) is 11.3 Å². The number of ether oxygens (including phenoxy) is 1. The van der Waals surface area contributed by atoms with Crippen LogP contribution in [0.4, 0.5) is 11.4 Å². The number of amides is 3. The number of Topliss-reactive ketones (excluding diaryl/α,β-unsaturated/α-hetero) is 1. The number of carbonyl (C=O) groups excluding carboxylic acids is 4. The molecule has 3 amide bonds. The number of likely N-dealkylation sites (N-methyl/N-ethyl adjacent to an activating group) is 1. The van der Waals surface area contributed by atoms with Crippen LogP contribution in [0, 0.1) is 5.92 Å². The third-order valence-corrected chi connectivity index (χ3v) is 9.21. The lowest BCUT2D eigenvalue weighted by atomic mass is 9.83. The maximum Gasteiger partial charge on any atom is 0.258 e. The molecule has 1 heterocycles. The Labute approximate surface area is 264 Å². The van der Waals surface area contributed by atoms with Gasteiger partial charge in [-0.2, -0.15) is 0 Å². The van der Waals surface area contributed by atoms with Gasteiger partial charge in [0.05, 0.1) is 30.9 Å². The highest BCUT2D eigenvalue weighted by atomic mass is 79.9. The van der Waals surface area contributed by atoms with Crippen LogP contribution in [0.5, 0.6) is 5.75 Å². The van der Waals surface area contributed by atoms with Crippen LogP contribution in [-0.4, -0.2) is 49.7 Å². The minimum absolute atomic E-state index is 0.0945. The Kier molecular flexibility index (Phi) is 8.58. The number of nitrogens with two attached hydrogens (primary N) is 1. The first-order valence-electron chi connectivity index (χ1n) is 14.1. The molecule has 0 fully saturated rings. The third kappa shape index (κ3) is 5.35. The molecule has 0 radical (unpaired) electrons. The molecular formula is C34H33BrN4O5. The first-order valence-corrected chi connectivity index (χ1v) is 14.9. The summed E-state index contributed by atoms with van der Waals surface area (Å²) < 4.78 is 6.65. The maximum absolute atomic E-state index is 14.7. The fourth-order valence-corrected chi connectivity index (χ4v) is 6.22. The zero-order chi connectivity index (χ0) is 31.8. The molecule has 9 nitrogen and oxygen atoms in total. The van der Waals surface area contributed by atoms with Crippen molar-refractivity contribution in [1.82, 2.24) is 5.32 Å². The molecular weight excluding hydrogens is 624 g/mol. The average Bonchev–Trinajstić information content (AvgIpc) is 3.15. The Bertz CT molecular complexity index is 1790. The van der Waals surface area contributed by atoms with E-state index >= 15 is 0 Å². The van der Waals surface area contributed by atoms with Gasteiger partial charge in [-0.1, -0.05) is 52.3 Å². The molecule has 5 rings (SSSR count). The predicted molar refractivity (Wildman–Crippen MR) is 174 cm³/mol. The predicted octanol–water partition coefficient (Wildman–Crippen LogP) is 5.09. The van der Waals surface area contributed by atoms with Crippen LogP contribution in [0.15, 0.2) is 83.3 Å². The number of fused-ring (bicyclic) bond motifs is 2. The van der Waals surface area contributed by atoms with Crippen molar-refractivity contribution in [2.24, 2.45) is 11.7 Å². The van der Waals surface area contributed by atoms with Crippen molar-refractivity contribution >= 4 is 61.6 Å². The van der Waals surface area contributed by atoms with Gasteiger partial charge in [-0.25, -0.2) is 0 Å². The SMILES string of the molecule is CNC(C)(C(N)=O)[C@@H]1CN(C(=O)c2ccc(C(C)=O)cc2)c2ccccc2N(Cc2c(OC)ccc3c(Br)cccc23)C1=O. The Hall–Kier alpha value is -4.54. The van der Waals surface area contributed by atoms with Crippen molar-refractivity contribution in [2.75, 3.05) is 30.5 Å². The quantitative estimate of drug-likeness (QED) is 0.255. The lowest BCUT2D eigenvalue weighted by Crippen LogP contribution is -2.63. The number of primary amides is 1. The monoisotopic (exact) mass is 656 g/mol. The number of carbonyl (C=O) groups is 4. The average molecular weight is 658 g/mol.